The van der Waals surface area contributed by atoms with Gasteiger partial charge in [0.25, 0.3) is 0 Å². The molecule has 1 atom stereocenters. The quantitative estimate of drug-likeness (QED) is 0.722. The van der Waals surface area contributed by atoms with Crippen LogP contribution in [0.1, 0.15) is 11.6 Å². The van der Waals surface area contributed by atoms with Crippen LogP contribution in [-0.4, -0.2) is 6.54 Å². The molecule has 0 spiro atoms. The summed E-state index contributed by atoms with van der Waals surface area (Å²) < 4.78 is 25.9. The van der Waals surface area contributed by atoms with E-state index in [2.05, 4.69) is 0 Å². The SMILES string of the molecule is NC[C@@H](N)c1cc(F)c(Cl)cc1F. The second-order valence-electron chi connectivity index (χ2n) is 2.63. The van der Waals surface area contributed by atoms with Gasteiger partial charge in [-0.15, -0.1) is 0 Å². The maximum Gasteiger partial charge on any atom is 0.142 e. The van der Waals surface area contributed by atoms with Crippen LogP contribution in [0.4, 0.5) is 8.78 Å². The zero-order valence-electron chi connectivity index (χ0n) is 6.73. The second kappa shape index (κ2) is 4.00. The molecule has 5 heteroatoms. The Morgan fingerprint density at radius 3 is 2.46 bits per heavy atom. The van der Waals surface area contributed by atoms with Gasteiger partial charge in [0.15, 0.2) is 0 Å². The monoisotopic (exact) mass is 206 g/mol. The molecule has 0 aliphatic carbocycles. The molecule has 72 valence electrons. The molecule has 13 heavy (non-hydrogen) atoms. The Labute approximate surface area is 79.5 Å². The van der Waals surface area contributed by atoms with Crippen molar-refractivity contribution in [2.24, 2.45) is 11.5 Å². The van der Waals surface area contributed by atoms with Gasteiger partial charge < -0.3 is 11.5 Å². The summed E-state index contributed by atoms with van der Waals surface area (Å²) in [5, 5.41) is -0.259. The first kappa shape index (κ1) is 10.4. The standard InChI is InChI=1S/C8H9ClF2N2/c9-5-2-6(10)4(1-7(5)11)8(13)3-12/h1-2,8H,3,12-13H2/t8-/m1/s1. The lowest BCUT2D eigenvalue weighted by Crippen LogP contribution is -2.22. The molecule has 1 aromatic rings. The average Bonchev–Trinajstić information content (AvgIpc) is 2.10. The lowest BCUT2D eigenvalue weighted by molar-refractivity contribution is 0.564. The summed E-state index contributed by atoms with van der Waals surface area (Å²) in [5.41, 5.74) is 10.7. The van der Waals surface area contributed by atoms with Crippen molar-refractivity contribution in [3.05, 3.63) is 34.4 Å². The highest BCUT2D eigenvalue weighted by Gasteiger charge is 2.13. The van der Waals surface area contributed by atoms with Crippen molar-refractivity contribution in [2.75, 3.05) is 6.54 Å². The van der Waals surface area contributed by atoms with Crippen molar-refractivity contribution in [1.29, 1.82) is 0 Å². The predicted molar refractivity (Wildman–Crippen MR) is 47.4 cm³/mol. The van der Waals surface area contributed by atoms with Crippen molar-refractivity contribution in [2.45, 2.75) is 6.04 Å². The van der Waals surface area contributed by atoms with Gasteiger partial charge in [-0.3, -0.25) is 0 Å². The lowest BCUT2D eigenvalue weighted by Gasteiger charge is -2.10. The topological polar surface area (TPSA) is 52.0 Å². The van der Waals surface area contributed by atoms with Crippen LogP contribution in [0.25, 0.3) is 0 Å². The lowest BCUT2D eigenvalue weighted by atomic mass is 10.1. The molecule has 0 aromatic heterocycles. The number of halogens is 3. The highest BCUT2D eigenvalue weighted by Crippen LogP contribution is 2.22. The van der Waals surface area contributed by atoms with Crippen molar-refractivity contribution in [3.8, 4) is 0 Å². The summed E-state index contributed by atoms with van der Waals surface area (Å²) in [7, 11) is 0. The molecule has 0 saturated heterocycles. The number of rotatable bonds is 2. The molecule has 0 saturated carbocycles. The van der Waals surface area contributed by atoms with E-state index >= 15 is 0 Å². The van der Waals surface area contributed by atoms with Gasteiger partial charge in [0.2, 0.25) is 0 Å². The van der Waals surface area contributed by atoms with Gasteiger partial charge in [-0.05, 0) is 12.1 Å². The third kappa shape index (κ3) is 2.15. The summed E-state index contributed by atoms with van der Waals surface area (Å²) >= 11 is 5.35. The zero-order chi connectivity index (χ0) is 10.0. The molecule has 1 rings (SSSR count). The van der Waals surface area contributed by atoms with E-state index in [9.17, 15) is 8.78 Å². The normalized spacial score (nSPS) is 13.0. The first-order valence-corrected chi connectivity index (χ1v) is 4.04. The van der Waals surface area contributed by atoms with Gasteiger partial charge >= 0.3 is 0 Å². The molecule has 4 N–H and O–H groups in total. The third-order valence-electron chi connectivity index (χ3n) is 1.69. The van der Waals surface area contributed by atoms with Crippen molar-refractivity contribution >= 4 is 11.6 Å². The van der Waals surface area contributed by atoms with Gasteiger partial charge in [0.1, 0.15) is 11.6 Å². The minimum absolute atomic E-state index is 0.0457. The van der Waals surface area contributed by atoms with Crippen LogP contribution in [0.5, 0.6) is 0 Å². The fourth-order valence-electron chi connectivity index (χ4n) is 0.949. The first-order valence-electron chi connectivity index (χ1n) is 3.66. The van der Waals surface area contributed by atoms with Crippen LogP contribution in [0.15, 0.2) is 12.1 Å². The predicted octanol–water partition coefficient (Wildman–Crippen LogP) is 1.58. The Morgan fingerprint density at radius 1 is 1.31 bits per heavy atom. The molecule has 0 aliphatic rings. The first-order chi connectivity index (χ1) is 6.06. The molecule has 0 aliphatic heterocycles. The van der Waals surface area contributed by atoms with Gasteiger partial charge in [0.05, 0.1) is 5.02 Å². The summed E-state index contributed by atoms with van der Waals surface area (Å²) in [6.07, 6.45) is 0. The van der Waals surface area contributed by atoms with Gasteiger partial charge in [0, 0.05) is 18.2 Å². The minimum Gasteiger partial charge on any atom is -0.329 e. The van der Waals surface area contributed by atoms with Crippen LogP contribution in [0.2, 0.25) is 5.02 Å². The second-order valence-corrected chi connectivity index (χ2v) is 3.04. The number of hydrogen-bond donors (Lipinski definition) is 2. The average molecular weight is 207 g/mol. The molecule has 0 bridgehead atoms. The third-order valence-corrected chi connectivity index (χ3v) is 1.98. The van der Waals surface area contributed by atoms with Crippen LogP contribution in [0.3, 0.4) is 0 Å². The Bertz CT molecular complexity index is 317. The minimum atomic E-state index is -0.702. The maximum atomic E-state index is 13.1. The number of nitrogens with two attached hydrogens (primary N) is 2. The molecule has 0 amide bonds. The summed E-state index contributed by atoms with van der Waals surface area (Å²) in [6.45, 7) is 0.0536. The molecule has 0 fully saturated rings. The summed E-state index contributed by atoms with van der Waals surface area (Å²) in [5.74, 6) is -1.33. The van der Waals surface area contributed by atoms with E-state index < -0.39 is 17.7 Å². The van der Waals surface area contributed by atoms with E-state index in [-0.39, 0.29) is 17.1 Å². The molecule has 0 unspecified atom stereocenters. The Hall–Kier alpha value is -0.710. The van der Waals surface area contributed by atoms with Crippen LogP contribution in [-0.2, 0) is 0 Å². The summed E-state index contributed by atoms with van der Waals surface area (Å²) in [6, 6.07) is 1.16. The summed E-state index contributed by atoms with van der Waals surface area (Å²) in [4.78, 5) is 0. The molecular formula is C8H9ClF2N2. The van der Waals surface area contributed by atoms with Crippen LogP contribution < -0.4 is 11.5 Å². The molecule has 2 nitrogen and oxygen atoms in total. The Balaban J connectivity index is 3.15. The zero-order valence-corrected chi connectivity index (χ0v) is 7.48. The van der Waals surface area contributed by atoms with Crippen molar-refractivity contribution in [1.82, 2.24) is 0 Å². The highest BCUT2D eigenvalue weighted by molar-refractivity contribution is 6.30. The van der Waals surface area contributed by atoms with E-state index in [4.69, 9.17) is 23.1 Å². The molecule has 0 heterocycles. The fraction of sp³-hybridized carbons (Fsp3) is 0.250. The number of hydrogen-bond acceptors (Lipinski definition) is 2. The fourth-order valence-corrected chi connectivity index (χ4v) is 1.10. The highest BCUT2D eigenvalue weighted by atomic mass is 35.5. The van der Waals surface area contributed by atoms with Gasteiger partial charge in [-0.1, -0.05) is 11.6 Å². The van der Waals surface area contributed by atoms with Crippen molar-refractivity contribution < 1.29 is 8.78 Å². The Kier molecular flexibility index (Phi) is 3.19. The van der Waals surface area contributed by atoms with E-state index in [0.717, 1.165) is 12.1 Å². The van der Waals surface area contributed by atoms with Gasteiger partial charge in [-0.25, -0.2) is 8.78 Å². The molecular weight excluding hydrogens is 198 g/mol. The van der Waals surface area contributed by atoms with Crippen LogP contribution in [0, 0.1) is 11.6 Å². The van der Waals surface area contributed by atoms with E-state index in [1.54, 1.807) is 0 Å². The smallest absolute Gasteiger partial charge is 0.142 e. The van der Waals surface area contributed by atoms with E-state index in [0.29, 0.717) is 0 Å². The van der Waals surface area contributed by atoms with Gasteiger partial charge in [-0.2, -0.15) is 0 Å². The largest absolute Gasteiger partial charge is 0.329 e. The van der Waals surface area contributed by atoms with Crippen molar-refractivity contribution in [3.63, 3.8) is 0 Å². The molecule has 0 radical (unpaired) electrons. The maximum absolute atomic E-state index is 13.1. The number of benzene rings is 1. The molecule has 1 aromatic carbocycles. The van der Waals surface area contributed by atoms with E-state index in [1.165, 1.54) is 0 Å². The van der Waals surface area contributed by atoms with E-state index in [1.807, 2.05) is 0 Å². The van der Waals surface area contributed by atoms with Crippen LogP contribution >= 0.6 is 11.6 Å². The Morgan fingerprint density at radius 2 is 1.92 bits per heavy atom.